The molecule has 0 bridgehead atoms. The highest BCUT2D eigenvalue weighted by Crippen LogP contribution is 2.21. The highest BCUT2D eigenvalue weighted by molar-refractivity contribution is 7.90. The first kappa shape index (κ1) is 15.5. The summed E-state index contributed by atoms with van der Waals surface area (Å²) in [5, 5.41) is 9.14. The molecule has 1 rings (SSSR count). The third kappa shape index (κ3) is 3.45. The number of carbonyl (C=O) groups is 1. The fourth-order valence-corrected chi connectivity index (χ4v) is 2.67. The fraction of sp³-hybridized carbons (Fsp3) is 0.417. The fourth-order valence-electron chi connectivity index (χ4n) is 1.53. The number of carboxylic acid groups (broad SMARTS) is 1. The highest BCUT2D eigenvalue weighted by atomic mass is 32.2. The third-order valence-electron chi connectivity index (χ3n) is 2.83. The average molecular weight is 286 g/mol. The lowest BCUT2D eigenvalue weighted by Gasteiger charge is -2.22. The van der Waals surface area contributed by atoms with E-state index in [1.165, 1.54) is 13.1 Å². The summed E-state index contributed by atoms with van der Waals surface area (Å²) in [4.78, 5) is 11.2. The minimum absolute atomic E-state index is 0.0387. The number of aryl methyl sites for hydroxylation is 1. The first-order chi connectivity index (χ1) is 8.66. The maximum Gasteiger partial charge on any atom is 0.338 e. The van der Waals surface area contributed by atoms with Gasteiger partial charge in [0, 0.05) is 13.1 Å². The first-order valence-electron chi connectivity index (χ1n) is 5.75. The molecule has 2 N–H and O–H groups in total. The molecule has 7 heteroatoms. The van der Waals surface area contributed by atoms with Crippen LogP contribution < -0.4 is 4.72 Å². The summed E-state index contributed by atoms with van der Waals surface area (Å²) in [6.45, 7) is 5.08. The second-order valence-corrected chi connectivity index (χ2v) is 6.25. The molecule has 0 aromatic heterocycles. The van der Waals surface area contributed by atoms with Gasteiger partial charge in [-0.05, 0) is 32.4 Å². The van der Waals surface area contributed by atoms with Crippen molar-refractivity contribution in [2.75, 3.05) is 11.8 Å². The Morgan fingerprint density at radius 1 is 1.37 bits per heavy atom. The Morgan fingerprint density at radius 2 is 1.95 bits per heavy atom. The van der Waals surface area contributed by atoms with Crippen LogP contribution in [0.1, 0.15) is 29.8 Å². The van der Waals surface area contributed by atoms with Crippen molar-refractivity contribution >= 4 is 21.9 Å². The molecule has 0 aliphatic carbocycles. The summed E-state index contributed by atoms with van der Waals surface area (Å²) in [7, 11) is -2.33. The molecule has 0 radical (unpaired) electrons. The van der Waals surface area contributed by atoms with Gasteiger partial charge in [0.1, 0.15) is 0 Å². The van der Waals surface area contributed by atoms with Gasteiger partial charge in [-0.15, -0.1) is 0 Å². The van der Waals surface area contributed by atoms with Crippen molar-refractivity contribution in [2.45, 2.75) is 26.8 Å². The number of aromatic carboxylic acids is 1. The van der Waals surface area contributed by atoms with E-state index in [-0.39, 0.29) is 17.3 Å². The van der Waals surface area contributed by atoms with Gasteiger partial charge in [-0.25, -0.2) is 4.79 Å². The molecule has 0 amide bonds. The van der Waals surface area contributed by atoms with Crippen LogP contribution in [-0.2, 0) is 10.2 Å². The lowest BCUT2D eigenvalue weighted by atomic mass is 10.1. The number of hydrogen-bond acceptors (Lipinski definition) is 3. The van der Waals surface area contributed by atoms with Gasteiger partial charge >= 0.3 is 16.2 Å². The predicted molar refractivity (Wildman–Crippen MR) is 73.6 cm³/mol. The molecule has 0 fully saturated rings. The second-order valence-electron chi connectivity index (χ2n) is 4.52. The Kier molecular flexibility index (Phi) is 4.54. The quantitative estimate of drug-likeness (QED) is 0.862. The lowest BCUT2D eigenvalue weighted by Crippen LogP contribution is -2.37. The molecule has 106 valence electrons. The lowest BCUT2D eigenvalue weighted by molar-refractivity contribution is 0.0697. The maximum absolute atomic E-state index is 12.0. The molecule has 6 nitrogen and oxygen atoms in total. The average Bonchev–Trinajstić information content (AvgIpc) is 2.26. The predicted octanol–water partition coefficient (Wildman–Crippen LogP) is 1.69. The van der Waals surface area contributed by atoms with Crippen molar-refractivity contribution in [1.82, 2.24) is 4.31 Å². The molecule has 19 heavy (non-hydrogen) atoms. The van der Waals surface area contributed by atoms with Crippen LogP contribution in [0.4, 0.5) is 5.69 Å². The SMILES string of the molecule is Cc1cccc(NS(=O)(=O)N(C)C(C)C)c1C(=O)O. The highest BCUT2D eigenvalue weighted by Gasteiger charge is 2.23. The maximum atomic E-state index is 12.0. The van der Waals surface area contributed by atoms with E-state index in [0.29, 0.717) is 5.56 Å². The van der Waals surface area contributed by atoms with Crippen molar-refractivity contribution in [3.05, 3.63) is 29.3 Å². The Morgan fingerprint density at radius 3 is 2.42 bits per heavy atom. The number of anilines is 1. The molecule has 0 heterocycles. The van der Waals surface area contributed by atoms with E-state index in [9.17, 15) is 13.2 Å². The van der Waals surface area contributed by atoms with Crippen LogP contribution >= 0.6 is 0 Å². The number of rotatable bonds is 5. The number of carboxylic acids is 1. The van der Waals surface area contributed by atoms with Gasteiger partial charge in [0.05, 0.1) is 11.3 Å². The molecule has 1 aromatic rings. The van der Waals surface area contributed by atoms with E-state index in [2.05, 4.69) is 4.72 Å². The van der Waals surface area contributed by atoms with Crippen molar-refractivity contribution in [2.24, 2.45) is 0 Å². The van der Waals surface area contributed by atoms with E-state index < -0.39 is 16.2 Å². The number of nitrogens with one attached hydrogen (secondary N) is 1. The Balaban J connectivity index is 3.21. The van der Waals surface area contributed by atoms with Gasteiger partial charge in [0.2, 0.25) is 0 Å². The zero-order valence-corrected chi connectivity index (χ0v) is 12.2. The molecule has 0 saturated heterocycles. The van der Waals surface area contributed by atoms with E-state index in [4.69, 9.17) is 5.11 Å². The topological polar surface area (TPSA) is 86.7 Å². The normalized spacial score (nSPS) is 11.9. The standard InChI is InChI=1S/C12H18N2O4S/c1-8(2)14(4)19(17,18)13-10-7-5-6-9(3)11(10)12(15)16/h5-8,13H,1-4H3,(H,15,16). The zero-order valence-electron chi connectivity index (χ0n) is 11.3. The molecular weight excluding hydrogens is 268 g/mol. The van der Waals surface area contributed by atoms with Crippen molar-refractivity contribution in [3.8, 4) is 0 Å². The van der Waals surface area contributed by atoms with E-state index in [1.807, 2.05) is 0 Å². The van der Waals surface area contributed by atoms with Gasteiger partial charge < -0.3 is 5.11 Å². The summed E-state index contributed by atoms with van der Waals surface area (Å²) in [5.74, 6) is -1.16. The molecule has 1 aromatic carbocycles. The summed E-state index contributed by atoms with van der Waals surface area (Å²) >= 11 is 0. The monoisotopic (exact) mass is 286 g/mol. The van der Waals surface area contributed by atoms with Gasteiger partial charge in [0.25, 0.3) is 0 Å². The van der Waals surface area contributed by atoms with Crippen LogP contribution in [0.15, 0.2) is 18.2 Å². The second kappa shape index (κ2) is 5.58. The zero-order chi connectivity index (χ0) is 14.8. The molecule has 0 atom stereocenters. The van der Waals surface area contributed by atoms with Crippen LogP contribution in [0.5, 0.6) is 0 Å². The summed E-state index contributed by atoms with van der Waals surface area (Å²) in [6.07, 6.45) is 0. The molecular formula is C12H18N2O4S. The Hall–Kier alpha value is -1.60. The molecule has 0 saturated carbocycles. The van der Waals surface area contributed by atoms with Gasteiger partial charge in [0.15, 0.2) is 0 Å². The van der Waals surface area contributed by atoms with Gasteiger partial charge in [-0.3, -0.25) is 4.72 Å². The van der Waals surface area contributed by atoms with Crippen LogP contribution in [0, 0.1) is 6.92 Å². The minimum atomic E-state index is -3.77. The van der Waals surface area contributed by atoms with Crippen molar-refractivity contribution in [1.29, 1.82) is 0 Å². The summed E-state index contributed by atoms with van der Waals surface area (Å²) in [6, 6.07) is 4.43. The molecule has 0 unspecified atom stereocenters. The van der Waals surface area contributed by atoms with E-state index in [1.54, 1.807) is 32.9 Å². The van der Waals surface area contributed by atoms with Gasteiger partial charge in [-0.2, -0.15) is 12.7 Å². The Labute approximate surface area is 113 Å². The molecule has 0 aliphatic rings. The largest absolute Gasteiger partial charge is 0.478 e. The van der Waals surface area contributed by atoms with Crippen LogP contribution in [-0.4, -0.2) is 36.9 Å². The van der Waals surface area contributed by atoms with Crippen LogP contribution in [0.2, 0.25) is 0 Å². The number of benzene rings is 1. The van der Waals surface area contributed by atoms with E-state index >= 15 is 0 Å². The van der Waals surface area contributed by atoms with E-state index in [0.717, 1.165) is 4.31 Å². The number of hydrogen-bond donors (Lipinski definition) is 2. The molecule has 0 spiro atoms. The van der Waals surface area contributed by atoms with Crippen LogP contribution in [0.3, 0.4) is 0 Å². The Bertz CT molecular complexity index is 581. The summed E-state index contributed by atoms with van der Waals surface area (Å²) in [5.41, 5.74) is 0.531. The van der Waals surface area contributed by atoms with Crippen LogP contribution in [0.25, 0.3) is 0 Å². The van der Waals surface area contributed by atoms with Crippen molar-refractivity contribution < 1.29 is 18.3 Å². The first-order valence-corrected chi connectivity index (χ1v) is 7.19. The van der Waals surface area contributed by atoms with Crippen molar-refractivity contribution in [3.63, 3.8) is 0 Å². The number of nitrogens with zero attached hydrogens (tertiary/aromatic N) is 1. The smallest absolute Gasteiger partial charge is 0.338 e. The third-order valence-corrected chi connectivity index (χ3v) is 4.49. The molecule has 0 aliphatic heterocycles. The summed E-state index contributed by atoms with van der Waals surface area (Å²) < 4.78 is 27.5. The minimum Gasteiger partial charge on any atom is -0.478 e. The van der Waals surface area contributed by atoms with Gasteiger partial charge in [-0.1, -0.05) is 12.1 Å².